The average Bonchev–Trinajstić information content (AvgIpc) is 2.88. The van der Waals surface area contributed by atoms with E-state index < -0.39 is 0 Å². The first-order chi connectivity index (χ1) is 10.0. The van der Waals surface area contributed by atoms with Gasteiger partial charge >= 0.3 is 0 Å². The van der Waals surface area contributed by atoms with Crippen LogP contribution in [-0.4, -0.2) is 45.0 Å². The summed E-state index contributed by atoms with van der Waals surface area (Å²) in [6.45, 7) is 4.97. The van der Waals surface area contributed by atoms with E-state index in [0.29, 0.717) is 18.9 Å². The molecule has 21 heavy (non-hydrogen) atoms. The zero-order chi connectivity index (χ0) is 15.0. The normalized spacial score (nSPS) is 19.5. The number of anilines is 1. The maximum atomic E-state index is 11.6. The lowest BCUT2D eigenvalue weighted by molar-refractivity contribution is -0.132. The van der Waals surface area contributed by atoms with Crippen LogP contribution in [0.1, 0.15) is 38.3 Å². The Balaban J connectivity index is 1.85. The van der Waals surface area contributed by atoms with Gasteiger partial charge in [-0.3, -0.25) is 4.79 Å². The first kappa shape index (κ1) is 13.9. The first-order valence-electron chi connectivity index (χ1n) is 7.39. The highest BCUT2D eigenvalue weighted by Crippen LogP contribution is 2.22. The number of nitrogens with one attached hydrogen (secondary N) is 1. The zero-order valence-corrected chi connectivity index (χ0v) is 12.7. The van der Waals surface area contributed by atoms with E-state index in [9.17, 15) is 4.79 Å². The van der Waals surface area contributed by atoms with Crippen LogP contribution < -0.4 is 5.32 Å². The lowest BCUT2D eigenvalue weighted by Crippen LogP contribution is -2.43. The molecular formula is C15H21N5O. The minimum absolute atomic E-state index is 0.214. The van der Waals surface area contributed by atoms with Crippen molar-refractivity contribution in [2.75, 3.05) is 18.9 Å². The Morgan fingerprint density at radius 1 is 1.43 bits per heavy atom. The predicted octanol–water partition coefficient (Wildman–Crippen LogP) is 1.89. The molecule has 0 aliphatic carbocycles. The molecule has 3 heterocycles. The van der Waals surface area contributed by atoms with Crippen molar-refractivity contribution < 1.29 is 4.79 Å². The van der Waals surface area contributed by atoms with Crippen LogP contribution >= 0.6 is 0 Å². The predicted molar refractivity (Wildman–Crippen MR) is 81.4 cm³/mol. The Labute approximate surface area is 124 Å². The second-order valence-corrected chi connectivity index (χ2v) is 5.98. The van der Waals surface area contributed by atoms with Crippen molar-refractivity contribution >= 4 is 17.2 Å². The third-order valence-corrected chi connectivity index (χ3v) is 3.97. The van der Waals surface area contributed by atoms with Crippen LogP contribution in [0.3, 0.4) is 0 Å². The van der Waals surface area contributed by atoms with Gasteiger partial charge in [-0.15, -0.1) is 0 Å². The van der Waals surface area contributed by atoms with E-state index in [4.69, 9.17) is 0 Å². The summed E-state index contributed by atoms with van der Waals surface area (Å²) in [6, 6.07) is 2.32. The van der Waals surface area contributed by atoms with Gasteiger partial charge in [0.15, 0.2) is 5.82 Å². The second kappa shape index (κ2) is 5.35. The number of hydrogen-bond donors (Lipinski definition) is 1. The Morgan fingerprint density at radius 2 is 2.24 bits per heavy atom. The Kier molecular flexibility index (Phi) is 3.53. The molecule has 0 saturated carbocycles. The fourth-order valence-corrected chi connectivity index (χ4v) is 2.66. The molecule has 1 aliphatic rings. The fraction of sp³-hybridized carbons (Fsp3) is 0.533. The van der Waals surface area contributed by atoms with Gasteiger partial charge in [-0.25, -0.2) is 9.50 Å². The van der Waals surface area contributed by atoms with Gasteiger partial charge in [-0.1, -0.05) is 13.8 Å². The van der Waals surface area contributed by atoms with E-state index >= 15 is 0 Å². The quantitative estimate of drug-likeness (QED) is 0.936. The Bertz CT molecular complexity index is 663. The molecule has 3 rings (SSSR count). The minimum Gasteiger partial charge on any atom is -0.364 e. The molecule has 6 nitrogen and oxygen atoms in total. The molecule has 112 valence electrons. The molecule has 1 fully saturated rings. The van der Waals surface area contributed by atoms with Crippen molar-refractivity contribution in [3.05, 3.63) is 24.2 Å². The second-order valence-electron chi connectivity index (χ2n) is 5.98. The van der Waals surface area contributed by atoms with Gasteiger partial charge in [0.1, 0.15) is 5.52 Å². The van der Waals surface area contributed by atoms with Crippen LogP contribution in [0.25, 0.3) is 5.52 Å². The van der Waals surface area contributed by atoms with Crippen LogP contribution in [0.2, 0.25) is 0 Å². The summed E-state index contributed by atoms with van der Waals surface area (Å²) < 4.78 is 1.86. The van der Waals surface area contributed by atoms with Gasteiger partial charge < -0.3 is 10.2 Å². The van der Waals surface area contributed by atoms with Crippen molar-refractivity contribution in [2.24, 2.45) is 0 Å². The highest BCUT2D eigenvalue weighted by atomic mass is 16.2. The van der Waals surface area contributed by atoms with Crippen molar-refractivity contribution in [1.29, 1.82) is 0 Å². The van der Waals surface area contributed by atoms with E-state index in [2.05, 4.69) is 35.3 Å². The first-order valence-corrected chi connectivity index (χ1v) is 7.39. The molecule has 0 aromatic carbocycles. The number of likely N-dealkylation sites (N-methyl/N-ethyl adjacent to an activating group) is 1. The third-order valence-electron chi connectivity index (χ3n) is 3.97. The van der Waals surface area contributed by atoms with Gasteiger partial charge in [0.05, 0.1) is 5.69 Å². The topological polar surface area (TPSA) is 62.5 Å². The Morgan fingerprint density at radius 3 is 2.95 bits per heavy atom. The fourth-order valence-electron chi connectivity index (χ4n) is 2.66. The van der Waals surface area contributed by atoms with Gasteiger partial charge in [-0.05, 0) is 18.4 Å². The molecule has 0 bridgehead atoms. The molecular weight excluding hydrogens is 266 g/mol. The minimum atomic E-state index is 0.214. The molecule has 1 amide bonds. The van der Waals surface area contributed by atoms with Gasteiger partial charge in [0.2, 0.25) is 5.91 Å². The van der Waals surface area contributed by atoms with Crippen LogP contribution in [0, 0.1) is 0 Å². The summed E-state index contributed by atoms with van der Waals surface area (Å²) in [5.74, 6) is 1.44. The molecule has 0 radical (unpaired) electrons. The standard InChI is InChI=1S/C15H21N5O/c1-10(2)12-8-13-15(16-6-7-20(13)18-12)17-11-4-5-14(21)19(3)9-11/h6-8,10-11H,4-5,9H2,1-3H3,(H,16,17). The van der Waals surface area contributed by atoms with Crippen molar-refractivity contribution in [3.8, 4) is 0 Å². The maximum Gasteiger partial charge on any atom is 0.222 e. The number of likely N-dealkylation sites (tertiary alicyclic amines) is 1. The summed E-state index contributed by atoms with van der Waals surface area (Å²) in [6.07, 6.45) is 5.05. The summed E-state index contributed by atoms with van der Waals surface area (Å²) in [7, 11) is 1.85. The van der Waals surface area contributed by atoms with Crippen molar-refractivity contribution in [3.63, 3.8) is 0 Å². The summed E-state index contributed by atoms with van der Waals surface area (Å²) in [5, 5.41) is 8.03. The monoisotopic (exact) mass is 287 g/mol. The molecule has 0 spiro atoms. The number of carbonyl (C=O) groups excluding carboxylic acids is 1. The summed E-state index contributed by atoms with van der Waals surface area (Å²) >= 11 is 0. The lowest BCUT2D eigenvalue weighted by Gasteiger charge is -2.30. The number of aromatic nitrogens is 3. The maximum absolute atomic E-state index is 11.6. The number of fused-ring (bicyclic) bond motifs is 1. The highest BCUT2D eigenvalue weighted by Gasteiger charge is 2.23. The molecule has 1 saturated heterocycles. The number of piperidine rings is 1. The SMILES string of the molecule is CC(C)c1cc2c(NC3CCC(=O)N(C)C3)nccn2n1. The summed E-state index contributed by atoms with van der Waals surface area (Å²) in [5.41, 5.74) is 2.04. The average molecular weight is 287 g/mol. The number of rotatable bonds is 3. The number of hydrogen-bond acceptors (Lipinski definition) is 4. The number of nitrogens with zero attached hydrogens (tertiary/aromatic N) is 4. The van der Waals surface area contributed by atoms with Crippen LogP contribution in [0.5, 0.6) is 0 Å². The molecule has 1 aliphatic heterocycles. The Hall–Kier alpha value is -2.11. The molecule has 6 heteroatoms. The van der Waals surface area contributed by atoms with Gasteiger partial charge in [-0.2, -0.15) is 5.10 Å². The van der Waals surface area contributed by atoms with Gasteiger partial charge in [0, 0.05) is 38.4 Å². The molecule has 2 aromatic rings. The summed E-state index contributed by atoms with van der Waals surface area (Å²) in [4.78, 5) is 17.8. The molecule has 1 N–H and O–H groups in total. The molecule has 1 atom stereocenters. The molecule has 2 aromatic heterocycles. The van der Waals surface area contributed by atoms with Crippen LogP contribution in [-0.2, 0) is 4.79 Å². The van der Waals surface area contributed by atoms with E-state index in [1.807, 2.05) is 17.8 Å². The van der Waals surface area contributed by atoms with Crippen LogP contribution in [0.15, 0.2) is 18.5 Å². The number of carbonyl (C=O) groups is 1. The van der Waals surface area contributed by atoms with E-state index in [-0.39, 0.29) is 11.9 Å². The zero-order valence-electron chi connectivity index (χ0n) is 12.7. The van der Waals surface area contributed by atoms with Crippen molar-refractivity contribution in [1.82, 2.24) is 19.5 Å². The van der Waals surface area contributed by atoms with E-state index in [1.54, 1.807) is 11.1 Å². The van der Waals surface area contributed by atoms with Crippen molar-refractivity contribution in [2.45, 2.75) is 38.6 Å². The number of amides is 1. The van der Waals surface area contributed by atoms with Gasteiger partial charge in [0.25, 0.3) is 0 Å². The molecule has 1 unspecified atom stereocenters. The third kappa shape index (κ3) is 2.70. The lowest BCUT2D eigenvalue weighted by atomic mass is 10.1. The van der Waals surface area contributed by atoms with E-state index in [1.165, 1.54) is 0 Å². The smallest absolute Gasteiger partial charge is 0.222 e. The van der Waals surface area contributed by atoms with Crippen LogP contribution in [0.4, 0.5) is 5.82 Å². The van der Waals surface area contributed by atoms with E-state index in [0.717, 1.165) is 23.4 Å². The largest absolute Gasteiger partial charge is 0.364 e. The highest BCUT2D eigenvalue weighted by molar-refractivity contribution is 5.77.